The van der Waals surface area contributed by atoms with Crippen molar-refractivity contribution >= 4 is 26.0 Å². The van der Waals surface area contributed by atoms with Crippen LogP contribution in [0.3, 0.4) is 0 Å². The van der Waals surface area contributed by atoms with E-state index in [4.69, 9.17) is 0 Å². The summed E-state index contributed by atoms with van der Waals surface area (Å²) in [7, 11) is -3.30. The molecule has 90 valence electrons. The number of halogens is 1. The van der Waals surface area contributed by atoms with Crippen LogP contribution in [0.15, 0.2) is 0 Å². The number of nitrogens with one attached hydrogen (secondary N) is 1. The molecule has 0 aromatic carbocycles. The fourth-order valence-electron chi connectivity index (χ4n) is 1.96. The Morgan fingerprint density at radius 3 is 2.40 bits per heavy atom. The van der Waals surface area contributed by atoms with Crippen molar-refractivity contribution in [1.29, 1.82) is 0 Å². The first-order valence-electron chi connectivity index (χ1n) is 5.11. The maximum absolute atomic E-state index is 11.4. The van der Waals surface area contributed by atoms with Crippen LogP contribution in [-0.2, 0) is 10.0 Å². The number of rotatable bonds is 4. The van der Waals surface area contributed by atoms with E-state index in [0.29, 0.717) is 5.92 Å². The van der Waals surface area contributed by atoms with Gasteiger partial charge >= 0.3 is 0 Å². The molecular formula is C9H18BrNO3S. The summed E-state index contributed by atoms with van der Waals surface area (Å²) in [4.78, 5) is 0. The quantitative estimate of drug-likeness (QED) is 0.767. The van der Waals surface area contributed by atoms with Crippen LogP contribution in [0.1, 0.15) is 32.6 Å². The molecule has 6 heteroatoms. The van der Waals surface area contributed by atoms with Gasteiger partial charge < -0.3 is 5.11 Å². The summed E-state index contributed by atoms with van der Waals surface area (Å²) < 4.78 is 25.4. The zero-order valence-corrected chi connectivity index (χ0v) is 11.3. The van der Waals surface area contributed by atoms with Crippen molar-refractivity contribution in [2.45, 2.75) is 38.1 Å². The first kappa shape index (κ1) is 13.4. The number of aliphatic hydroxyl groups excluding tert-OH is 1. The van der Waals surface area contributed by atoms with Crippen LogP contribution in [0.4, 0.5) is 0 Å². The van der Waals surface area contributed by atoms with E-state index >= 15 is 0 Å². The SMILES string of the molecule is CC1CCC(CO)(NS(=O)(=O)CBr)CC1. The van der Waals surface area contributed by atoms with Gasteiger partial charge in [0.05, 0.1) is 12.1 Å². The monoisotopic (exact) mass is 299 g/mol. The van der Waals surface area contributed by atoms with Gasteiger partial charge in [-0.1, -0.05) is 22.9 Å². The Balaban J connectivity index is 2.70. The fourth-order valence-corrected chi connectivity index (χ4v) is 3.29. The van der Waals surface area contributed by atoms with Crippen molar-refractivity contribution in [3.05, 3.63) is 0 Å². The van der Waals surface area contributed by atoms with E-state index in [-0.39, 0.29) is 11.3 Å². The summed E-state index contributed by atoms with van der Waals surface area (Å²) in [6, 6.07) is 0. The highest BCUT2D eigenvalue weighted by Crippen LogP contribution is 2.32. The van der Waals surface area contributed by atoms with Gasteiger partial charge in [0.15, 0.2) is 0 Å². The molecule has 2 N–H and O–H groups in total. The second-order valence-electron chi connectivity index (χ2n) is 4.45. The molecule has 1 saturated carbocycles. The van der Waals surface area contributed by atoms with Crippen molar-refractivity contribution in [3.63, 3.8) is 0 Å². The van der Waals surface area contributed by atoms with Crippen molar-refractivity contribution in [3.8, 4) is 0 Å². The molecule has 0 heterocycles. The average Bonchev–Trinajstić information content (AvgIpc) is 2.22. The first-order valence-corrected chi connectivity index (χ1v) is 7.89. The van der Waals surface area contributed by atoms with Gasteiger partial charge in [-0.3, -0.25) is 0 Å². The molecule has 0 aliphatic heterocycles. The zero-order chi connectivity index (χ0) is 11.5. The Morgan fingerprint density at radius 1 is 1.47 bits per heavy atom. The summed E-state index contributed by atoms with van der Waals surface area (Å²) in [5.41, 5.74) is -0.626. The average molecular weight is 300 g/mol. The highest BCUT2D eigenvalue weighted by atomic mass is 79.9. The maximum atomic E-state index is 11.4. The molecule has 1 rings (SSSR count). The third-order valence-electron chi connectivity index (χ3n) is 3.05. The van der Waals surface area contributed by atoms with Crippen LogP contribution in [-0.4, -0.2) is 30.3 Å². The lowest BCUT2D eigenvalue weighted by Crippen LogP contribution is -2.53. The van der Waals surface area contributed by atoms with E-state index in [1.807, 2.05) is 0 Å². The Hall–Kier alpha value is 0.350. The van der Waals surface area contributed by atoms with E-state index < -0.39 is 15.6 Å². The third-order valence-corrected chi connectivity index (χ3v) is 5.89. The lowest BCUT2D eigenvalue weighted by molar-refractivity contribution is 0.126. The van der Waals surface area contributed by atoms with E-state index in [9.17, 15) is 13.5 Å². The van der Waals surface area contributed by atoms with Gasteiger partial charge in [0.25, 0.3) is 0 Å². The topological polar surface area (TPSA) is 66.4 Å². The second kappa shape index (κ2) is 5.12. The smallest absolute Gasteiger partial charge is 0.222 e. The van der Waals surface area contributed by atoms with Crippen molar-refractivity contribution in [2.75, 3.05) is 11.3 Å². The van der Waals surface area contributed by atoms with Crippen LogP contribution in [0.5, 0.6) is 0 Å². The van der Waals surface area contributed by atoms with E-state index in [2.05, 4.69) is 27.6 Å². The minimum atomic E-state index is -3.30. The molecule has 15 heavy (non-hydrogen) atoms. The molecule has 0 saturated heterocycles. The molecule has 0 aromatic rings. The zero-order valence-electron chi connectivity index (χ0n) is 8.87. The molecule has 0 radical (unpaired) electrons. The van der Waals surface area contributed by atoms with Crippen LogP contribution in [0.25, 0.3) is 0 Å². The molecular weight excluding hydrogens is 282 g/mol. The van der Waals surface area contributed by atoms with Crippen molar-refractivity contribution < 1.29 is 13.5 Å². The number of hydrogen-bond acceptors (Lipinski definition) is 3. The largest absolute Gasteiger partial charge is 0.394 e. The fraction of sp³-hybridized carbons (Fsp3) is 1.00. The van der Waals surface area contributed by atoms with E-state index in [1.54, 1.807) is 0 Å². The van der Waals surface area contributed by atoms with E-state index in [1.165, 1.54) is 0 Å². The van der Waals surface area contributed by atoms with Crippen molar-refractivity contribution in [2.24, 2.45) is 5.92 Å². The van der Waals surface area contributed by atoms with Gasteiger partial charge in [-0.2, -0.15) is 0 Å². The van der Waals surface area contributed by atoms with Crippen LogP contribution in [0, 0.1) is 5.92 Å². The molecule has 0 aromatic heterocycles. The Bertz CT molecular complexity index is 296. The molecule has 1 aliphatic carbocycles. The molecule has 4 nitrogen and oxygen atoms in total. The lowest BCUT2D eigenvalue weighted by atomic mass is 9.78. The number of alkyl halides is 1. The molecule has 0 amide bonds. The minimum Gasteiger partial charge on any atom is -0.394 e. The maximum Gasteiger partial charge on any atom is 0.222 e. The summed E-state index contributed by atoms with van der Waals surface area (Å²) in [6.45, 7) is 2.03. The highest BCUT2D eigenvalue weighted by molar-refractivity contribution is 9.10. The number of sulfonamides is 1. The van der Waals surface area contributed by atoms with E-state index in [0.717, 1.165) is 25.7 Å². The highest BCUT2D eigenvalue weighted by Gasteiger charge is 2.36. The van der Waals surface area contributed by atoms with Crippen LogP contribution >= 0.6 is 15.9 Å². The van der Waals surface area contributed by atoms with Crippen LogP contribution in [0.2, 0.25) is 0 Å². The predicted octanol–water partition coefficient (Wildman–Crippen LogP) is 1.20. The summed E-state index contributed by atoms with van der Waals surface area (Å²) >= 11 is 2.93. The third kappa shape index (κ3) is 3.69. The Kier molecular flexibility index (Phi) is 4.58. The molecule has 1 aliphatic rings. The van der Waals surface area contributed by atoms with Gasteiger partial charge in [-0.25, -0.2) is 13.1 Å². The Labute approximate surface area is 99.6 Å². The lowest BCUT2D eigenvalue weighted by Gasteiger charge is -2.38. The van der Waals surface area contributed by atoms with Gasteiger partial charge in [-0.05, 0) is 31.6 Å². The second-order valence-corrected chi connectivity index (χ2v) is 7.47. The van der Waals surface area contributed by atoms with Crippen LogP contribution < -0.4 is 4.72 Å². The first-order chi connectivity index (χ1) is 6.93. The normalized spacial score (nSPS) is 32.9. The van der Waals surface area contributed by atoms with Crippen molar-refractivity contribution in [1.82, 2.24) is 4.72 Å². The molecule has 1 fully saturated rings. The van der Waals surface area contributed by atoms with Gasteiger partial charge in [-0.15, -0.1) is 0 Å². The van der Waals surface area contributed by atoms with Gasteiger partial charge in [0.1, 0.15) is 4.66 Å². The minimum absolute atomic E-state index is 0.114. The molecule has 0 atom stereocenters. The van der Waals surface area contributed by atoms with Gasteiger partial charge in [0.2, 0.25) is 10.0 Å². The summed E-state index contributed by atoms with van der Waals surface area (Å²) in [5.74, 6) is 0.623. The predicted molar refractivity (Wildman–Crippen MR) is 63.3 cm³/mol. The summed E-state index contributed by atoms with van der Waals surface area (Å²) in [6.07, 6.45) is 3.37. The standard InChI is InChI=1S/C9H18BrNO3S/c1-8-2-4-9(6-12,5-3-8)11-15(13,14)7-10/h8,11-12H,2-7H2,1H3. The Morgan fingerprint density at radius 2 is 2.00 bits per heavy atom. The van der Waals surface area contributed by atoms with Gasteiger partial charge in [0, 0.05) is 0 Å². The molecule has 0 bridgehead atoms. The molecule has 0 spiro atoms. The number of hydrogen-bond donors (Lipinski definition) is 2. The number of aliphatic hydroxyl groups is 1. The molecule has 0 unspecified atom stereocenters. The summed E-state index contributed by atoms with van der Waals surface area (Å²) in [5, 5.41) is 9.34.